The standard InChI is InChI=1S/C16H27N3O2/c1-13(4-8-18(2)3)17-15-5-9-19(10-6-15)16(20)14-7-11-21-12-14/h7,11-13,15,17H,4-6,8-10H2,1-3H3/t13-/m1/s1. The summed E-state index contributed by atoms with van der Waals surface area (Å²) < 4.78 is 4.98. The van der Waals surface area contributed by atoms with Crippen molar-refractivity contribution in [1.29, 1.82) is 0 Å². The molecule has 1 atom stereocenters. The van der Waals surface area contributed by atoms with E-state index in [1.54, 1.807) is 12.3 Å². The second-order valence-corrected chi connectivity index (χ2v) is 6.24. The minimum absolute atomic E-state index is 0.0860. The largest absolute Gasteiger partial charge is 0.472 e. The molecule has 0 unspecified atom stereocenters. The van der Waals surface area contributed by atoms with E-state index in [1.807, 2.05) is 4.90 Å². The normalized spacial score (nSPS) is 18.2. The number of carbonyl (C=O) groups is 1. The summed E-state index contributed by atoms with van der Waals surface area (Å²) in [5.74, 6) is 0.0860. The van der Waals surface area contributed by atoms with Crippen molar-refractivity contribution in [3.63, 3.8) is 0 Å². The Labute approximate surface area is 127 Å². The van der Waals surface area contributed by atoms with Crippen LogP contribution in [0, 0.1) is 0 Å². The Hall–Kier alpha value is -1.33. The van der Waals surface area contributed by atoms with E-state index in [1.165, 1.54) is 6.26 Å². The fourth-order valence-electron chi connectivity index (χ4n) is 2.76. The van der Waals surface area contributed by atoms with E-state index >= 15 is 0 Å². The van der Waals surface area contributed by atoms with Crippen LogP contribution in [0.25, 0.3) is 0 Å². The van der Waals surface area contributed by atoms with Crippen LogP contribution in [-0.4, -0.2) is 61.5 Å². The first-order valence-corrected chi connectivity index (χ1v) is 7.78. The minimum atomic E-state index is 0.0860. The van der Waals surface area contributed by atoms with E-state index in [2.05, 4.69) is 31.2 Å². The molecule has 1 saturated heterocycles. The average molecular weight is 293 g/mol. The SMILES string of the molecule is C[C@H](CCN(C)C)NC1CCN(C(=O)c2ccoc2)CC1. The van der Waals surface area contributed by atoms with Crippen LogP contribution >= 0.6 is 0 Å². The number of carbonyl (C=O) groups excluding carboxylic acids is 1. The van der Waals surface area contributed by atoms with E-state index < -0.39 is 0 Å². The summed E-state index contributed by atoms with van der Waals surface area (Å²) in [6, 6.07) is 2.78. The third kappa shape index (κ3) is 4.86. The molecule has 118 valence electrons. The molecule has 1 aromatic rings. The van der Waals surface area contributed by atoms with Crippen molar-refractivity contribution in [3.05, 3.63) is 24.2 Å². The van der Waals surface area contributed by atoms with Crippen LogP contribution in [0.15, 0.2) is 23.0 Å². The molecule has 1 fully saturated rings. The van der Waals surface area contributed by atoms with Crippen molar-refractivity contribution >= 4 is 5.91 Å². The molecule has 21 heavy (non-hydrogen) atoms. The van der Waals surface area contributed by atoms with Crippen molar-refractivity contribution in [2.24, 2.45) is 0 Å². The summed E-state index contributed by atoms with van der Waals surface area (Å²) in [6.45, 7) is 4.99. The zero-order valence-corrected chi connectivity index (χ0v) is 13.3. The van der Waals surface area contributed by atoms with Gasteiger partial charge in [0.15, 0.2) is 0 Å². The van der Waals surface area contributed by atoms with Gasteiger partial charge in [0, 0.05) is 25.2 Å². The van der Waals surface area contributed by atoms with Gasteiger partial charge in [0.1, 0.15) is 6.26 Å². The van der Waals surface area contributed by atoms with E-state index in [9.17, 15) is 4.79 Å². The van der Waals surface area contributed by atoms with Crippen LogP contribution < -0.4 is 5.32 Å². The minimum Gasteiger partial charge on any atom is -0.472 e. The molecular formula is C16H27N3O2. The molecule has 0 aromatic carbocycles. The number of nitrogens with zero attached hydrogens (tertiary/aromatic N) is 2. The fourth-order valence-corrected chi connectivity index (χ4v) is 2.76. The van der Waals surface area contributed by atoms with Gasteiger partial charge in [0.05, 0.1) is 11.8 Å². The Kier molecular flexibility index (Phi) is 5.82. The van der Waals surface area contributed by atoms with E-state index in [4.69, 9.17) is 4.42 Å². The quantitative estimate of drug-likeness (QED) is 0.869. The third-order valence-electron chi connectivity index (χ3n) is 4.08. The van der Waals surface area contributed by atoms with Gasteiger partial charge in [0.25, 0.3) is 5.91 Å². The number of piperidine rings is 1. The lowest BCUT2D eigenvalue weighted by molar-refractivity contribution is 0.0701. The summed E-state index contributed by atoms with van der Waals surface area (Å²) in [6.07, 6.45) is 6.27. The highest BCUT2D eigenvalue weighted by atomic mass is 16.3. The second-order valence-electron chi connectivity index (χ2n) is 6.24. The highest BCUT2D eigenvalue weighted by Gasteiger charge is 2.24. The Morgan fingerprint density at radius 3 is 2.76 bits per heavy atom. The smallest absolute Gasteiger partial charge is 0.257 e. The van der Waals surface area contributed by atoms with Gasteiger partial charge in [0.2, 0.25) is 0 Å². The monoisotopic (exact) mass is 293 g/mol. The fraction of sp³-hybridized carbons (Fsp3) is 0.688. The zero-order valence-electron chi connectivity index (χ0n) is 13.3. The van der Waals surface area contributed by atoms with Crippen LogP contribution in [0.4, 0.5) is 0 Å². The molecular weight excluding hydrogens is 266 g/mol. The highest BCUT2D eigenvalue weighted by Crippen LogP contribution is 2.15. The first-order valence-electron chi connectivity index (χ1n) is 7.78. The first-order chi connectivity index (χ1) is 10.1. The molecule has 0 spiro atoms. The molecule has 0 saturated carbocycles. The molecule has 0 radical (unpaired) electrons. The maximum absolute atomic E-state index is 12.2. The topological polar surface area (TPSA) is 48.7 Å². The molecule has 1 aliphatic heterocycles. The van der Waals surface area contributed by atoms with Gasteiger partial charge in [-0.25, -0.2) is 0 Å². The van der Waals surface area contributed by atoms with Gasteiger partial charge in [-0.1, -0.05) is 0 Å². The van der Waals surface area contributed by atoms with Crippen molar-refractivity contribution in [1.82, 2.24) is 15.1 Å². The van der Waals surface area contributed by atoms with Crippen molar-refractivity contribution in [2.75, 3.05) is 33.7 Å². The number of hydrogen-bond donors (Lipinski definition) is 1. The summed E-state index contributed by atoms with van der Waals surface area (Å²) >= 11 is 0. The van der Waals surface area contributed by atoms with Crippen LogP contribution in [0.2, 0.25) is 0 Å². The number of rotatable bonds is 6. The summed E-state index contributed by atoms with van der Waals surface area (Å²) in [5.41, 5.74) is 0.653. The molecule has 1 aliphatic rings. The number of likely N-dealkylation sites (tertiary alicyclic amines) is 1. The number of nitrogens with one attached hydrogen (secondary N) is 1. The highest BCUT2D eigenvalue weighted by molar-refractivity contribution is 5.93. The van der Waals surface area contributed by atoms with Crippen LogP contribution in [0.5, 0.6) is 0 Å². The third-order valence-corrected chi connectivity index (χ3v) is 4.08. The van der Waals surface area contributed by atoms with Crippen LogP contribution in [-0.2, 0) is 0 Å². The summed E-state index contributed by atoms with van der Waals surface area (Å²) in [5, 5.41) is 3.69. The number of amides is 1. The lowest BCUT2D eigenvalue weighted by Crippen LogP contribution is -2.47. The Bertz CT molecular complexity index is 423. The lowest BCUT2D eigenvalue weighted by Gasteiger charge is -2.34. The first kappa shape index (κ1) is 16.0. The predicted molar refractivity (Wildman–Crippen MR) is 83.4 cm³/mol. The predicted octanol–water partition coefficient (Wildman–Crippen LogP) is 1.81. The maximum atomic E-state index is 12.2. The molecule has 2 heterocycles. The molecule has 5 heteroatoms. The van der Waals surface area contributed by atoms with Gasteiger partial charge in [-0.3, -0.25) is 4.79 Å². The molecule has 5 nitrogen and oxygen atoms in total. The molecule has 1 N–H and O–H groups in total. The molecule has 0 aliphatic carbocycles. The number of furan rings is 1. The van der Waals surface area contributed by atoms with Gasteiger partial charge in [-0.2, -0.15) is 0 Å². The number of hydrogen-bond acceptors (Lipinski definition) is 4. The summed E-state index contributed by atoms with van der Waals surface area (Å²) in [4.78, 5) is 16.3. The Morgan fingerprint density at radius 2 is 2.19 bits per heavy atom. The van der Waals surface area contributed by atoms with Crippen molar-refractivity contribution < 1.29 is 9.21 Å². The molecule has 0 bridgehead atoms. The van der Waals surface area contributed by atoms with Gasteiger partial charge in [-0.05, 0) is 52.9 Å². The van der Waals surface area contributed by atoms with E-state index in [0.717, 1.165) is 38.9 Å². The Balaban J connectivity index is 1.72. The lowest BCUT2D eigenvalue weighted by atomic mass is 10.0. The molecule has 2 rings (SSSR count). The Morgan fingerprint density at radius 1 is 1.48 bits per heavy atom. The van der Waals surface area contributed by atoms with Gasteiger partial charge < -0.3 is 19.5 Å². The molecule has 1 aromatic heterocycles. The second kappa shape index (κ2) is 7.61. The van der Waals surface area contributed by atoms with Crippen molar-refractivity contribution in [2.45, 2.75) is 38.3 Å². The van der Waals surface area contributed by atoms with E-state index in [0.29, 0.717) is 17.6 Å². The maximum Gasteiger partial charge on any atom is 0.257 e. The summed E-state index contributed by atoms with van der Waals surface area (Å²) in [7, 11) is 4.21. The van der Waals surface area contributed by atoms with Crippen LogP contribution in [0.3, 0.4) is 0 Å². The van der Waals surface area contributed by atoms with Gasteiger partial charge >= 0.3 is 0 Å². The van der Waals surface area contributed by atoms with Crippen molar-refractivity contribution in [3.8, 4) is 0 Å². The van der Waals surface area contributed by atoms with Crippen LogP contribution in [0.1, 0.15) is 36.5 Å². The van der Waals surface area contributed by atoms with E-state index in [-0.39, 0.29) is 5.91 Å². The molecule has 1 amide bonds. The van der Waals surface area contributed by atoms with Gasteiger partial charge in [-0.15, -0.1) is 0 Å². The average Bonchev–Trinajstić information content (AvgIpc) is 2.99. The zero-order chi connectivity index (χ0) is 15.2.